The second kappa shape index (κ2) is 6.11. The molecular weight excluding hydrogens is 262 g/mol. The number of ether oxygens (including phenoxy) is 1. The van der Waals surface area contributed by atoms with E-state index in [1.54, 1.807) is 0 Å². The van der Waals surface area contributed by atoms with Crippen LogP contribution in [0, 0.1) is 5.41 Å². The molecule has 4 nitrogen and oxygen atoms in total. The van der Waals surface area contributed by atoms with Gasteiger partial charge in [-0.05, 0) is 36.3 Å². The van der Waals surface area contributed by atoms with E-state index in [1.165, 1.54) is 24.2 Å². The fourth-order valence-electron chi connectivity index (χ4n) is 3.79. The predicted molar refractivity (Wildman–Crippen MR) is 85.3 cm³/mol. The van der Waals surface area contributed by atoms with E-state index in [2.05, 4.69) is 35.6 Å². The number of aromatic nitrogens is 1. The molecule has 1 atom stereocenters. The first-order chi connectivity index (χ1) is 10.1. The van der Waals surface area contributed by atoms with Crippen LogP contribution in [-0.2, 0) is 17.7 Å². The van der Waals surface area contributed by atoms with E-state index >= 15 is 0 Å². The third kappa shape index (κ3) is 3.50. The SMILES string of the molecule is CC1(C)Cc2c(ccn2CCCN2CCOCC2)C(N)C1. The monoisotopic (exact) mass is 291 g/mol. The minimum Gasteiger partial charge on any atom is -0.379 e. The Labute approximate surface area is 128 Å². The summed E-state index contributed by atoms with van der Waals surface area (Å²) in [7, 11) is 0. The van der Waals surface area contributed by atoms with Gasteiger partial charge in [0, 0.05) is 44.1 Å². The number of hydrogen-bond donors (Lipinski definition) is 1. The zero-order chi connectivity index (χ0) is 14.9. The van der Waals surface area contributed by atoms with Crippen molar-refractivity contribution in [2.75, 3.05) is 32.8 Å². The summed E-state index contributed by atoms with van der Waals surface area (Å²) < 4.78 is 7.84. The molecule has 0 radical (unpaired) electrons. The molecule has 1 aliphatic heterocycles. The Morgan fingerprint density at radius 2 is 2.05 bits per heavy atom. The Morgan fingerprint density at radius 3 is 2.81 bits per heavy atom. The zero-order valence-electron chi connectivity index (χ0n) is 13.5. The molecule has 0 bridgehead atoms. The topological polar surface area (TPSA) is 43.4 Å². The highest BCUT2D eigenvalue weighted by Crippen LogP contribution is 2.39. The van der Waals surface area contributed by atoms with Crippen molar-refractivity contribution in [2.24, 2.45) is 11.1 Å². The van der Waals surface area contributed by atoms with E-state index in [-0.39, 0.29) is 6.04 Å². The number of nitrogens with zero attached hydrogens (tertiary/aromatic N) is 2. The fraction of sp³-hybridized carbons (Fsp3) is 0.765. The van der Waals surface area contributed by atoms with E-state index < -0.39 is 0 Å². The molecule has 1 unspecified atom stereocenters. The molecule has 1 aliphatic carbocycles. The number of rotatable bonds is 4. The van der Waals surface area contributed by atoms with E-state index in [4.69, 9.17) is 10.5 Å². The molecule has 0 amide bonds. The van der Waals surface area contributed by atoms with Crippen molar-refractivity contribution < 1.29 is 4.74 Å². The molecule has 1 aromatic heterocycles. The van der Waals surface area contributed by atoms with Gasteiger partial charge in [0.05, 0.1) is 13.2 Å². The third-order valence-electron chi connectivity index (χ3n) is 4.91. The molecule has 1 aromatic rings. The Hall–Kier alpha value is -0.840. The van der Waals surface area contributed by atoms with E-state index in [0.717, 1.165) is 45.7 Å². The molecule has 2 heterocycles. The van der Waals surface area contributed by atoms with Gasteiger partial charge in [-0.1, -0.05) is 13.8 Å². The van der Waals surface area contributed by atoms with Crippen LogP contribution in [0.1, 0.15) is 44.0 Å². The Kier molecular flexibility index (Phi) is 4.38. The van der Waals surface area contributed by atoms with Crippen molar-refractivity contribution in [3.8, 4) is 0 Å². The van der Waals surface area contributed by atoms with Gasteiger partial charge < -0.3 is 15.0 Å². The van der Waals surface area contributed by atoms with Gasteiger partial charge in [0.25, 0.3) is 0 Å². The fourth-order valence-corrected chi connectivity index (χ4v) is 3.79. The largest absolute Gasteiger partial charge is 0.379 e. The quantitative estimate of drug-likeness (QED) is 0.924. The van der Waals surface area contributed by atoms with Crippen LogP contribution in [0.4, 0.5) is 0 Å². The average Bonchev–Trinajstić information content (AvgIpc) is 2.82. The van der Waals surface area contributed by atoms with E-state index in [0.29, 0.717) is 5.41 Å². The molecule has 0 spiro atoms. The van der Waals surface area contributed by atoms with Gasteiger partial charge in [0.2, 0.25) is 0 Å². The number of aryl methyl sites for hydroxylation is 1. The van der Waals surface area contributed by atoms with Crippen molar-refractivity contribution >= 4 is 0 Å². The maximum absolute atomic E-state index is 6.35. The van der Waals surface area contributed by atoms with Crippen LogP contribution in [-0.4, -0.2) is 42.3 Å². The van der Waals surface area contributed by atoms with Gasteiger partial charge in [-0.2, -0.15) is 0 Å². The molecule has 1 fully saturated rings. The second-order valence-electron chi connectivity index (χ2n) is 7.37. The molecule has 3 rings (SSSR count). The van der Waals surface area contributed by atoms with Crippen molar-refractivity contribution in [1.82, 2.24) is 9.47 Å². The van der Waals surface area contributed by atoms with Crippen molar-refractivity contribution in [1.29, 1.82) is 0 Å². The summed E-state index contributed by atoms with van der Waals surface area (Å²) in [5.41, 5.74) is 9.52. The maximum Gasteiger partial charge on any atom is 0.0594 e. The molecule has 118 valence electrons. The minimum absolute atomic E-state index is 0.212. The summed E-state index contributed by atoms with van der Waals surface area (Å²) in [4.78, 5) is 2.51. The lowest BCUT2D eigenvalue weighted by Crippen LogP contribution is -2.37. The minimum atomic E-state index is 0.212. The summed E-state index contributed by atoms with van der Waals surface area (Å²) >= 11 is 0. The molecule has 1 saturated heterocycles. The van der Waals surface area contributed by atoms with Crippen LogP contribution >= 0.6 is 0 Å². The lowest BCUT2D eigenvalue weighted by molar-refractivity contribution is 0.0369. The predicted octanol–water partition coefficient (Wildman–Crippen LogP) is 2.18. The summed E-state index contributed by atoms with van der Waals surface area (Å²) in [5, 5.41) is 0. The Bertz CT molecular complexity index is 474. The van der Waals surface area contributed by atoms with Gasteiger partial charge in [-0.3, -0.25) is 4.90 Å². The normalized spacial score (nSPS) is 25.8. The van der Waals surface area contributed by atoms with Crippen LogP contribution in [0.2, 0.25) is 0 Å². The van der Waals surface area contributed by atoms with Crippen LogP contribution in [0.5, 0.6) is 0 Å². The van der Waals surface area contributed by atoms with Gasteiger partial charge in [0.15, 0.2) is 0 Å². The van der Waals surface area contributed by atoms with Gasteiger partial charge >= 0.3 is 0 Å². The zero-order valence-corrected chi connectivity index (χ0v) is 13.5. The van der Waals surface area contributed by atoms with E-state index in [1.807, 2.05) is 0 Å². The summed E-state index contributed by atoms with van der Waals surface area (Å²) in [5.74, 6) is 0. The van der Waals surface area contributed by atoms with Crippen LogP contribution < -0.4 is 5.73 Å². The molecule has 2 aliphatic rings. The molecule has 2 N–H and O–H groups in total. The molecule has 4 heteroatoms. The number of fused-ring (bicyclic) bond motifs is 1. The lowest BCUT2D eigenvalue weighted by atomic mass is 9.74. The Morgan fingerprint density at radius 1 is 1.29 bits per heavy atom. The average molecular weight is 291 g/mol. The van der Waals surface area contributed by atoms with Gasteiger partial charge in [0.1, 0.15) is 0 Å². The first-order valence-corrected chi connectivity index (χ1v) is 8.29. The summed E-state index contributed by atoms with van der Waals surface area (Å²) in [6.07, 6.45) is 5.69. The van der Waals surface area contributed by atoms with Gasteiger partial charge in [-0.15, -0.1) is 0 Å². The van der Waals surface area contributed by atoms with Crippen molar-refractivity contribution in [3.05, 3.63) is 23.5 Å². The van der Waals surface area contributed by atoms with E-state index in [9.17, 15) is 0 Å². The van der Waals surface area contributed by atoms with Crippen LogP contribution in [0.25, 0.3) is 0 Å². The highest BCUT2D eigenvalue weighted by atomic mass is 16.5. The standard InChI is InChI=1S/C17H29N3O/c1-17(2)12-15(18)14-4-7-20(16(14)13-17)6-3-5-19-8-10-21-11-9-19/h4,7,15H,3,5-6,8-13,18H2,1-2H3. The highest BCUT2D eigenvalue weighted by Gasteiger charge is 2.32. The van der Waals surface area contributed by atoms with Crippen molar-refractivity contribution in [2.45, 2.75) is 45.7 Å². The lowest BCUT2D eigenvalue weighted by Gasteiger charge is -2.34. The summed E-state index contributed by atoms with van der Waals surface area (Å²) in [6.45, 7) is 10.9. The third-order valence-corrected chi connectivity index (χ3v) is 4.91. The second-order valence-corrected chi connectivity index (χ2v) is 7.37. The molecular formula is C17H29N3O. The number of nitrogens with two attached hydrogens (primary N) is 1. The van der Waals surface area contributed by atoms with Gasteiger partial charge in [-0.25, -0.2) is 0 Å². The molecule has 0 saturated carbocycles. The molecule has 21 heavy (non-hydrogen) atoms. The first-order valence-electron chi connectivity index (χ1n) is 8.29. The summed E-state index contributed by atoms with van der Waals surface area (Å²) in [6, 6.07) is 2.45. The smallest absolute Gasteiger partial charge is 0.0594 e. The molecule has 0 aromatic carbocycles. The number of morpholine rings is 1. The maximum atomic E-state index is 6.35. The first kappa shape index (κ1) is 15.1. The van der Waals surface area contributed by atoms with Crippen LogP contribution in [0.15, 0.2) is 12.3 Å². The Balaban J connectivity index is 1.59. The number of hydrogen-bond acceptors (Lipinski definition) is 3. The van der Waals surface area contributed by atoms with Crippen molar-refractivity contribution in [3.63, 3.8) is 0 Å². The van der Waals surface area contributed by atoms with Crippen LogP contribution in [0.3, 0.4) is 0 Å². The highest BCUT2D eigenvalue weighted by molar-refractivity contribution is 5.30.